The minimum absolute atomic E-state index is 0.0512. The molecule has 0 aromatic carbocycles. The zero-order valence-corrected chi connectivity index (χ0v) is 18.2. The van der Waals surface area contributed by atoms with Crippen LogP contribution in [0.2, 0.25) is 0 Å². The molecule has 1 aromatic heterocycles. The number of carbonyl (C=O) groups is 1. The van der Waals surface area contributed by atoms with E-state index in [2.05, 4.69) is 19.7 Å². The molecule has 0 radical (unpaired) electrons. The smallest absolute Gasteiger partial charge is 0.237 e. The summed E-state index contributed by atoms with van der Waals surface area (Å²) >= 11 is 0. The van der Waals surface area contributed by atoms with Crippen molar-refractivity contribution in [2.75, 3.05) is 37.7 Å². The Morgan fingerprint density at radius 3 is 2.76 bits per heavy atom. The normalized spacial score (nSPS) is 27.3. The van der Waals surface area contributed by atoms with Gasteiger partial charge in [0.25, 0.3) is 0 Å². The SMILES string of the molecule is CCN(C(=O)CN1CCCC(c2nnc3n2CCCCC3)C1)C1CCS(=O)(=O)C1. The van der Waals surface area contributed by atoms with E-state index in [-0.39, 0.29) is 23.5 Å². The van der Waals surface area contributed by atoms with Gasteiger partial charge in [0.1, 0.15) is 11.6 Å². The molecule has 3 aliphatic rings. The zero-order chi connectivity index (χ0) is 20.4. The second-order valence-electron chi connectivity index (χ2n) is 8.75. The number of hydrogen-bond acceptors (Lipinski definition) is 6. The van der Waals surface area contributed by atoms with Crippen LogP contribution in [0.25, 0.3) is 0 Å². The molecule has 0 bridgehead atoms. The summed E-state index contributed by atoms with van der Waals surface area (Å²) in [6.45, 7) is 5.60. The number of nitrogens with zero attached hydrogens (tertiary/aromatic N) is 5. The second-order valence-corrected chi connectivity index (χ2v) is 11.0. The Balaban J connectivity index is 1.40. The van der Waals surface area contributed by atoms with Crippen LogP contribution in [0, 0.1) is 0 Å². The highest BCUT2D eigenvalue weighted by Gasteiger charge is 2.35. The van der Waals surface area contributed by atoms with E-state index in [1.807, 2.05) is 6.92 Å². The number of amides is 1. The van der Waals surface area contributed by atoms with E-state index >= 15 is 0 Å². The number of aromatic nitrogens is 3. The molecule has 0 saturated carbocycles. The molecule has 162 valence electrons. The van der Waals surface area contributed by atoms with Crippen molar-refractivity contribution < 1.29 is 13.2 Å². The van der Waals surface area contributed by atoms with Gasteiger partial charge in [-0.15, -0.1) is 10.2 Å². The van der Waals surface area contributed by atoms with Crippen LogP contribution in [-0.4, -0.2) is 82.6 Å². The predicted octanol–water partition coefficient (Wildman–Crippen LogP) is 1.22. The molecule has 0 N–H and O–H groups in total. The van der Waals surface area contributed by atoms with Crippen molar-refractivity contribution in [2.24, 2.45) is 0 Å². The summed E-state index contributed by atoms with van der Waals surface area (Å²) in [4.78, 5) is 17.0. The summed E-state index contributed by atoms with van der Waals surface area (Å²) in [6.07, 6.45) is 7.33. The van der Waals surface area contributed by atoms with Gasteiger partial charge in [0.15, 0.2) is 9.84 Å². The molecule has 3 aliphatic heterocycles. The van der Waals surface area contributed by atoms with Crippen molar-refractivity contribution in [3.05, 3.63) is 11.6 Å². The first-order chi connectivity index (χ1) is 14.0. The van der Waals surface area contributed by atoms with Crippen molar-refractivity contribution in [1.82, 2.24) is 24.6 Å². The Morgan fingerprint density at radius 2 is 2.00 bits per heavy atom. The van der Waals surface area contributed by atoms with Crippen molar-refractivity contribution >= 4 is 15.7 Å². The van der Waals surface area contributed by atoms with E-state index in [1.54, 1.807) is 4.90 Å². The van der Waals surface area contributed by atoms with E-state index < -0.39 is 9.84 Å². The first-order valence-electron chi connectivity index (χ1n) is 11.1. The summed E-state index contributed by atoms with van der Waals surface area (Å²) in [5.74, 6) is 2.89. The molecule has 2 atom stereocenters. The summed E-state index contributed by atoms with van der Waals surface area (Å²) < 4.78 is 26.0. The van der Waals surface area contributed by atoms with Crippen molar-refractivity contribution in [3.63, 3.8) is 0 Å². The summed E-state index contributed by atoms with van der Waals surface area (Å²) in [5, 5.41) is 8.98. The fourth-order valence-electron chi connectivity index (χ4n) is 5.16. The van der Waals surface area contributed by atoms with Gasteiger partial charge in [-0.2, -0.15) is 0 Å². The van der Waals surface area contributed by atoms with Gasteiger partial charge in [0.2, 0.25) is 5.91 Å². The number of fused-ring (bicyclic) bond motifs is 1. The Labute approximate surface area is 173 Å². The summed E-state index contributed by atoms with van der Waals surface area (Å²) in [5.41, 5.74) is 0. The third-order valence-corrected chi connectivity index (χ3v) is 8.43. The lowest BCUT2D eigenvalue weighted by Gasteiger charge is -2.34. The number of carbonyl (C=O) groups excluding carboxylic acids is 1. The molecular weight excluding hydrogens is 390 g/mol. The lowest BCUT2D eigenvalue weighted by atomic mass is 9.97. The van der Waals surface area contributed by atoms with Crippen LogP contribution in [0.4, 0.5) is 0 Å². The van der Waals surface area contributed by atoms with Gasteiger partial charge in [-0.25, -0.2) is 8.42 Å². The van der Waals surface area contributed by atoms with Crippen molar-refractivity contribution in [2.45, 2.75) is 70.4 Å². The Morgan fingerprint density at radius 1 is 1.14 bits per heavy atom. The average Bonchev–Trinajstić information content (AvgIpc) is 3.17. The number of piperidine rings is 1. The number of sulfone groups is 1. The molecule has 1 amide bonds. The van der Waals surface area contributed by atoms with Gasteiger partial charge >= 0.3 is 0 Å². The second kappa shape index (κ2) is 8.71. The number of hydrogen-bond donors (Lipinski definition) is 0. The highest BCUT2D eigenvalue weighted by molar-refractivity contribution is 7.91. The van der Waals surface area contributed by atoms with E-state index in [4.69, 9.17) is 0 Å². The first kappa shape index (κ1) is 20.8. The minimum Gasteiger partial charge on any atom is -0.338 e. The van der Waals surface area contributed by atoms with Crippen LogP contribution in [-0.2, 0) is 27.6 Å². The molecule has 2 unspecified atom stereocenters. The van der Waals surface area contributed by atoms with Crippen LogP contribution in [0.3, 0.4) is 0 Å². The Kier molecular flexibility index (Phi) is 6.24. The van der Waals surface area contributed by atoms with Crippen LogP contribution in [0.1, 0.15) is 63.0 Å². The Bertz CT molecular complexity index is 837. The lowest BCUT2D eigenvalue weighted by molar-refractivity contribution is -0.134. The highest BCUT2D eigenvalue weighted by atomic mass is 32.2. The van der Waals surface area contributed by atoms with Crippen molar-refractivity contribution in [3.8, 4) is 0 Å². The molecule has 2 saturated heterocycles. The molecule has 8 nitrogen and oxygen atoms in total. The third-order valence-electron chi connectivity index (χ3n) is 6.68. The van der Waals surface area contributed by atoms with Gasteiger partial charge in [0.05, 0.1) is 18.1 Å². The summed E-state index contributed by atoms with van der Waals surface area (Å²) in [6, 6.07) is -0.162. The number of rotatable bonds is 5. The largest absolute Gasteiger partial charge is 0.338 e. The molecule has 0 aliphatic carbocycles. The van der Waals surface area contributed by atoms with Gasteiger partial charge in [-0.05, 0) is 45.6 Å². The molecule has 4 rings (SSSR count). The molecule has 1 aromatic rings. The minimum atomic E-state index is -2.99. The maximum absolute atomic E-state index is 13.0. The van der Waals surface area contributed by atoms with Gasteiger partial charge in [-0.3, -0.25) is 9.69 Å². The predicted molar refractivity (Wildman–Crippen MR) is 110 cm³/mol. The fraction of sp³-hybridized carbons (Fsp3) is 0.850. The number of aryl methyl sites for hydroxylation is 1. The Hall–Kier alpha value is -1.48. The topological polar surface area (TPSA) is 88.4 Å². The van der Waals surface area contributed by atoms with Crippen molar-refractivity contribution in [1.29, 1.82) is 0 Å². The van der Waals surface area contributed by atoms with Gasteiger partial charge < -0.3 is 9.47 Å². The number of likely N-dealkylation sites (tertiary alicyclic amines) is 1. The maximum Gasteiger partial charge on any atom is 0.237 e. The van der Waals surface area contributed by atoms with E-state index in [1.165, 1.54) is 19.3 Å². The molecule has 29 heavy (non-hydrogen) atoms. The van der Waals surface area contributed by atoms with Crippen LogP contribution < -0.4 is 0 Å². The van der Waals surface area contributed by atoms with Crippen LogP contribution >= 0.6 is 0 Å². The summed E-state index contributed by atoms with van der Waals surface area (Å²) in [7, 11) is -2.99. The molecule has 0 spiro atoms. The molecule has 4 heterocycles. The maximum atomic E-state index is 13.0. The van der Waals surface area contributed by atoms with Crippen LogP contribution in [0.5, 0.6) is 0 Å². The zero-order valence-electron chi connectivity index (χ0n) is 17.4. The monoisotopic (exact) mass is 423 g/mol. The quantitative estimate of drug-likeness (QED) is 0.708. The average molecular weight is 424 g/mol. The molecule has 2 fully saturated rings. The fourth-order valence-corrected chi connectivity index (χ4v) is 6.89. The van der Waals surface area contributed by atoms with Gasteiger partial charge in [-0.1, -0.05) is 6.42 Å². The first-order valence-corrected chi connectivity index (χ1v) is 12.9. The molecule has 9 heteroatoms. The molecular formula is C20H33N5O3S. The number of likely N-dealkylation sites (N-methyl/N-ethyl adjacent to an activating group) is 1. The highest BCUT2D eigenvalue weighted by Crippen LogP contribution is 2.28. The van der Waals surface area contributed by atoms with E-state index in [0.29, 0.717) is 25.4 Å². The van der Waals surface area contributed by atoms with E-state index in [9.17, 15) is 13.2 Å². The van der Waals surface area contributed by atoms with Gasteiger partial charge in [0, 0.05) is 38.0 Å². The van der Waals surface area contributed by atoms with Crippen LogP contribution in [0.15, 0.2) is 0 Å². The third kappa shape index (κ3) is 4.66. The standard InChI is InChI=1S/C20H33N5O3S/c1-2-24(17-9-12-29(27,28)15-17)19(26)14-23-10-6-7-16(13-23)20-22-21-18-8-4-3-5-11-25(18)20/h16-17H,2-15H2,1H3. The van der Waals surface area contributed by atoms with E-state index in [0.717, 1.165) is 50.5 Å². The lowest BCUT2D eigenvalue weighted by Crippen LogP contribution is -2.48.